The maximum atomic E-state index is 13.1. The van der Waals surface area contributed by atoms with Crippen LogP contribution in [0.3, 0.4) is 0 Å². The molecule has 2 N–H and O–H groups in total. The summed E-state index contributed by atoms with van der Waals surface area (Å²) in [5.41, 5.74) is 10.1. The molecule has 1 aliphatic heterocycles. The fraction of sp³-hybridized carbons (Fsp3) is 0.276. The van der Waals surface area contributed by atoms with Crippen molar-refractivity contribution < 1.29 is 4.79 Å². The fourth-order valence-electron chi connectivity index (χ4n) is 4.90. The van der Waals surface area contributed by atoms with Crippen LogP contribution in [-0.2, 0) is 11.3 Å². The van der Waals surface area contributed by atoms with Crippen molar-refractivity contribution in [1.29, 1.82) is 0 Å². The standard InChI is InChI=1S/C29H32N6OS/c1-2-35-28(24-14-9-15-25(30)20-24)31-32-29(35)37-21-26(36)33-16-18-34(19-17-33)27(22-10-5-3-6-11-22)23-12-7-4-8-13-23/h3-15,20,27H,2,16-19,21,30H2,1H3. The Morgan fingerprint density at radius 2 is 1.54 bits per heavy atom. The molecule has 0 saturated carbocycles. The summed E-state index contributed by atoms with van der Waals surface area (Å²) in [5, 5.41) is 9.50. The second-order valence-electron chi connectivity index (χ2n) is 9.11. The highest BCUT2D eigenvalue weighted by Crippen LogP contribution is 2.30. The molecule has 1 fully saturated rings. The van der Waals surface area contributed by atoms with Crippen LogP contribution in [-0.4, -0.2) is 62.4 Å². The van der Waals surface area contributed by atoms with Gasteiger partial charge in [-0.3, -0.25) is 9.69 Å². The molecule has 0 radical (unpaired) electrons. The normalized spacial score (nSPS) is 14.3. The summed E-state index contributed by atoms with van der Waals surface area (Å²) in [4.78, 5) is 17.6. The molecule has 1 aromatic heterocycles. The van der Waals surface area contributed by atoms with Crippen LogP contribution in [0.2, 0.25) is 0 Å². The molecule has 2 heterocycles. The Morgan fingerprint density at radius 1 is 0.892 bits per heavy atom. The predicted molar refractivity (Wildman–Crippen MR) is 149 cm³/mol. The number of amides is 1. The average Bonchev–Trinajstić information content (AvgIpc) is 3.36. The molecule has 5 rings (SSSR count). The zero-order chi connectivity index (χ0) is 25.6. The van der Waals surface area contributed by atoms with Crippen molar-refractivity contribution in [1.82, 2.24) is 24.6 Å². The van der Waals surface area contributed by atoms with Crippen LogP contribution in [0.25, 0.3) is 11.4 Å². The van der Waals surface area contributed by atoms with Gasteiger partial charge in [0.15, 0.2) is 11.0 Å². The van der Waals surface area contributed by atoms with Gasteiger partial charge in [-0.1, -0.05) is 84.6 Å². The highest BCUT2D eigenvalue weighted by Gasteiger charge is 2.28. The van der Waals surface area contributed by atoms with Crippen LogP contribution in [0.5, 0.6) is 0 Å². The minimum atomic E-state index is 0.136. The number of nitrogens with zero attached hydrogens (tertiary/aromatic N) is 5. The third-order valence-electron chi connectivity index (χ3n) is 6.77. The Morgan fingerprint density at radius 3 is 2.14 bits per heavy atom. The van der Waals surface area contributed by atoms with Gasteiger partial charge >= 0.3 is 0 Å². The summed E-state index contributed by atoms with van der Waals surface area (Å²) in [6.45, 7) is 5.85. The quantitative estimate of drug-likeness (QED) is 0.275. The first-order valence-electron chi connectivity index (χ1n) is 12.7. The van der Waals surface area contributed by atoms with Gasteiger partial charge in [0.05, 0.1) is 11.8 Å². The lowest BCUT2D eigenvalue weighted by Gasteiger charge is -2.39. The molecule has 190 valence electrons. The van der Waals surface area contributed by atoms with E-state index in [1.165, 1.54) is 22.9 Å². The van der Waals surface area contributed by atoms with E-state index >= 15 is 0 Å². The minimum Gasteiger partial charge on any atom is -0.399 e. The van der Waals surface area contributed by atoms with E-state index in [1.54, 1.807) is 0 Å². The summed E-state index contributed by atoms with van der Waals surface area (Å²) < 4.78 is 2.04. The molecule has 0 bridgehead atoms. The van der Waals surface area contributed by atoms with Crippen LogP contribution in [0.4, 0.5) is 5.69 Å². The van der Waals surface area contributed by atoms with E-state index in [-0.39, 0.29) is 11.9 Å². The summed E-state index contributed by atoms with van der Waals surface area (Å²) in [7, 11) is 0. The maximum Gasteiger partial charge on any atom is 0.233 e. The lowest BCUT2D eigenvalue weighted by Crippen LogP contribution is -2.50. The maximum absolute atomic E-state index is 13.1. The number of hydrogen-bond donors (Lipinski definition) is 1. The number of anilines is 1. The van der Waals surface area contributed by atoms with Crippen molar-refractivity contribution in [3.05, 3.63) is 96.1 Å². The molecule has 0 atom stereocenters. The van der Waals surface area contributed by atoms with Gasteiger partial charge in [0.25, 0.3) is 0 Å². The van der Waals surface area contributed by atoms with Crippen molar-refractivity contribution in [2.75, 3.05) is 37.7 Å². The van der Waals surface area contributed by atoms with Crippen LogP contribution >= 0.6 is 11.8 Å². The number of nitrogen functional groups attached to an aromatic ring is 1. The number of rotatable bonds is 8. The van der Waals surface area contributed by atoms with E-state index in [0.29, 0.717) is 31.1 Å². The third-order valence-corrected chi connectivity index (χ3v) is 7.72. The van der Waals surface area contributed by atoms with Crippen LogP contribution < -0.4 is 5.73 Å². The van der Waals surface area contributed by atoms with Gasteiger partial charge in [-0.15, -0.1) is 10.2 Å². The smallest absolute Gasteiger partial charge is 0.233 e. The van der Waals surface area contributed by atoms with Crippen LogP contribution in [0.15, 0.2) is 90.1 Å². The van der Waals surface area contributed by atoms with Crippen LogP contribution in [0.1, 0.15) is 24.1 Å². The number of aromatic nitrogens is 3. The van der Waals surface area contributed by atoms with Crippen LogP contribution in [0, 0.1) is 0 Å². The Bertz CT molecular complexity index is 1280. The number of carbonyl (C=O) groups is 1. The monoisotopic (exact) mass is 512 g/mol. The Balaban J connectivity index is 1.22. The Kier molecular flexibility index (Phi) is 7.87. The zero-order valence-electron chi connectivity index (χ0n) is 21.0. The molecular formula is C29H32N6OS. The lowest BCUT2D eigenvalue weighted by atomic mass is 9.96. The SMILES string of the molecule is CCn1c(SCC(=O)N2CCN(C(c3ccccc3)c3ccccc3)CC2)nnc1-c1cccc(N)c1. The second-order valence-corrected chi connectivity index (χ2v) is 10.0. The largest absolute Gasteiger partial charge is 0.399 e. The van der Waals surface area contributed by atoms with Gasteiger partial charge in [0.2, 0.25) is 5.91 Å². The summed E-state index contributed by atoms with van der Waals surface area (Å²) in [6, 6.07) is 29.1. The Labute approximate surface area is 222 Å². The molecule has 0 aliphatic carbocycles. The van der Waals surface area contributed by atoms with Gasteiger partial charge in [0.1, 0.15) is 0 Å². The number of carbonyl (C=O) groups excluding carboxylic acids is 1. The molecule has 0 spiro atoms. The summed E-state index contributed by atoms with van der Waals surface area (Å²) >= 11 is 1.45. The van der Waals surface area contributed by atoms with Gasteiger partial charge < -0.3 is 15.2 Å². The lowest BCUT2D eigenvalue weighted by molar-refractivity contribution is -0.130. The van der Waals surface area contributed by atoms with E-state index in [0.717, 1.165) is 29.6 Å². The molecule has 4 aromatic rings. The minimum absolute atomic E-state index is 0.136. The summed E-state index contributed by atoms with van der Waals surface area (Å²) in [6.07, 6.45) is 0. The van der Waals surface area contributed by atoms with Crippen molar-refractivity contribution >= 4 is 23.4 Å². The van der Waals surface area contributed by atoms with E-state index < -0.39 is 0 Å². The van der Waals surface area contributed by atoms with Gasteiger partial charge in [-0.2, -0.15) is 0 Å². The number of nitrogens with two attached hydrogens (primary N) is 1. The molecule has 3 aromatic carbocycles. The number of benzene rings is 3. The highest BCUT2D eigenvalue weighted by molar-refractivity contribution is 7.99. The molecule has 1 amide bonds. The summed E-state index contributed by atoms with van der Waals surface area (Å²) in [5.74, 6) is 1.25. The van der Waals surface area contributed by atoms with E-state index in [9.17, 15) is 4.79 Å². The van der Waals surface area contributed by atoms with Crippen molar-refractivity contribution in [2.24, 2.45) is 0 Å². The van der Waals surface area contributed by atoms with Crippen molar-refractivity contribution in [3.63, 3.8) is 0 Å². The third kappa shape index (κ3) is 5.70. The number of piperazine rings is 1. The first-order chi connectivity index (χ1) is 18.1. The first-order valence-corrected chi connectivity index (χ1v) is 13.7. The van der Waals surface area contributed by atoms with Gasteiger partial charge in [0, 0.05) is 44.0 Å². The average molecular weight is 513 g/mol. The van der Waals surface area contributed by atoms with E-state index in [4.69, 9.17) is 5.73 Å². The van der Waals surface area contributed by atoms with Crippen molar-refractivity contribution in [2.45, 2.75) is 24.7 Å². The molecule has 7 nitrogen and oxygen atoms in total. The van der Waals surface area contributed by atoms with Gasteiger partial charge in [-0.05, 0) is 30.2 Å². The number of thioether (sulfide) groups is 1. The molecule has 1 aliphatic rings. The van der Waals surface area contributed by atoms with Gasteiger partial charge in [-0.25, -0.2) is 0 Å². The molecule has 8 heteroatoms. The van der Waals surface area contributed by atoms with Crippen molar-refractivity contribution in [3.8, 4) is 11.4 Å². The molecule has 1 saturated heterocycles. The molecule has 0 unspecified atom stereocenters. The second kappa shape index (κ2) is 11.6. The van der Waals surface area contributed by atoms with E-state index in [2.05, 4.69) is 82.7 Å². The predicted octanol–water partition coefficient (Wildman–Crippen LogP) is 4.57. The number of hydrogen-bond acceptors (Lipinski definition) is 6. The Hall–Kier alpha value is -3.62. The zero-order valence-corrected chi connectivity index (χ0v) is 21.8. The highest BCUT2D eigenvalue weighted by atomic mass is 32.2. The fourth-order valence-corrected chi connectivity index (χ4v) is 5.81. The first kappa shape index (κ1) is 25.0. The van der Waals surface area contributed by atoms with E-state index in [1.807, 2.05) is 33.7 Å². The molecule has 37 heavy (non-hydrogen) atoms. The molecular weight excluding hydrogens is 480 g/mol. The topological polar surface area (TPSA) is 80.3 Å².